The van der Waals surface area contributed by atoms with E-state index in [0.29, 0.717) is 6.42 Å². The molecule has 0 aliphatic carbocycles. The molecule has 1 unspecified atom stereocenters. The average molecular weight is 259 g/mol. The molecule has 0 radical (unpaired) electrons. The largest absolute Gasteiger partial charge is 0.481 e. The number of hydrogen-bond acceptors (Lipinski definition) is 1. The Hall–Kier alpha value is -1.09. The summed E-state index contributed by atoms with van der Waals surface area (Å²) in [7, 11) is 0. The van der Waals surface area contributed by atoms with Crippen LogP contribution in [0, 0.1) is 5.82 Å². The third-order valence-corrected chi connectivity index (χ3v) is 3.08. The number of carboxylic acid groups (broad SMARTS) is 1. The lowest BCUT2D eigenvalue weighted by atomic mass is 9.95. The molecule has 1 atom stereocenters. The predicted molar refractivity (Wildman–Crippen MR) is 65.9 cm³/mol. The van der Waals surface area contributed by atoms with Gasteiger partial charge in [0.1, 0.15) is 5.82 Å². The summed E-state index contributed by atoms with van der Waals surface area (Å²) in [6, 6.07) is 4.73. The Kier molecular flexibility index (Phi) is 5.42. The van der Waals surface area contributed by atoms with Crippen LogP contribution in [0.2, 0.25) is 5.02 Å². The van der Waals surface area contributed by atoms with Gasteiger partial charge in [-0.3, -0.25) is 4.79 Å². The molecule has 0 heterocycles. The van der Waals surface area contributed by atoms with Crippen LogP contribution in [-0.2, 0) is 4.79 Å². The van der Waals surface area contributed by atoms with Crippen molar-refractivity contribution in [3.8, 4) is 0 Å². The Morgan fingerprint density at radius 3 is 2.76 bits per heavy atom. The van der Waals surface area contributed by atoms with Gasteiger partial charge in [0.05, 0.1) is 5.02 Å². The van der Waals surface area contributed by atoms with Crippen LogP contribution in [0.4, 0.5) is 4.39 Å². The van der Waals surface area contributed by atoms with Crippen molar-refractivity contribution in [1.82, 2.24) is 0 Å². The third-order valence-electron chi connectivity index (χ3n) is 2.79. The Balaban J connectivity index is 2.44. The van der Waals surface area contributed by atoms with Gasteiger partial charge >= 0.3 is 5.97 Å². The molecule has 1 aromatic carbocycles. The second kappa shape index (κ2) is 6.60. The molecule has 0 bridgehead atoms. The molecule has 0 spiro atoms. The van der Waals surface area contributed by atoms with Crippen molar-refractivity contribution in [2.24, 2.45) is 0 Å². The van der Waals surface area contributed by atoms with Crippen LogP contribution in [-0.4, -0.2) is 11.1 Å². The maximum atomic E-state index is 13.0. The number of carbonyl (C=O) groups is 1. The summed E-state index contributed by atoms with van der Waals surface area (Å²) < 4.78 is 13.0. The maximum absolute atomic E-state index is 13.0. The second-order valence-electron chi connectivity index (χ2n) is 4.21. The van der Waals surface area contributed by atoms with Gasteiger partial charge < -0.3 is 5.11 Å². The van der Waals surface area contributed by atoms with Gasteiger partial charge in [0.25, 0.3) is 0 Å². The van der Waals surface area contributed by atoms with E-state index < -0.39 is 11.8 Å². The molecule has 0 aliphatic heterocycles. The van der Waals surface area contributed by atoms with E-state index in [1.54, 1.807) is 12.1 Å². The van der Waals surface area contributed by atoms with Gasteiger partial charge in [-0.05, 0) is 36.5 Å². The number of halogens is 2. The molecule has 2 nitrogen and oxygen atoms in total. The van der Waals surface area contributed by atoms with Crippen molar-refractivity contribution < 1.29 is 14.3 Å². The lowest BCUT2D eigenvalue weighted by Gasteiger charge is -2.11. The first-order valence-electron chi connectivity index (χ1n) is 5.67. The van der Waals surface area contributed by atoms with Crippen molar-refractivity contribution in [3.05, 3.63) is 34.6 Å². The first-order valence-corrected chi connectivity index (χ1v) is 6.05. The number of aliphatic carboxylic acids is 1. The van der Waals surface area contributed by atoms with Crippen LogP contribution < -0.4 is 0 Å². The maximum Gasteiger partial charge on any atom is 0.303 e. The predicted octanol–water partition coefficient (Wildman–Crippen LogP) is 4.23. The minimum absolute atomic E-state index is 0.139. The van der Waals surface area contributed by atoms with Crippen molar-refractivity contribution in [2.75, 3.05) is 0 Å². The summed E-state index contributed by atoms with van der Waals surface area (Å²) >= 11 is 5.71. The fourth-order valence-electron chi connectivity index (χ4n) is 1.71. The van der Waals surface area contributed by atoms with Gasteiger partial charge in [0.15, 0.2) is 0 Å². The molecule has 0 aliphatic rings. The fraction of sp³-hybridized carbons (Fsp3) is 0.462. The number of unbranched alkanes of at least 4 members (excludes halogenated alkanes) is 1. The highest BCUT2D eigenvalue weighted by Gasteiger charge is 2.08. The molecule has 0 fully saturated rings. The highest BCUT2D eigenvalue weighted by Crippen LogP contribution is 2.25. The third kappa shape index (κ3) is 4.73. The summed E-state index contributed by atoms with van der Waals surface area (Å²) in [4.78, 5) is 10.3. The highest BCUT2D eigenvalue weighted by molar-refractivity contribution is 6.30. The van der Waals surface area contributed by atoms with Crippen LogP contribution in [0.1, 0.15) is 44.1 Å². The van der Waals surface area contributed by atoms with Crippen molar-refractivity contribution in [2.45, 2.75) is 38.5 Å². The van der Waals surface area contributed by atoms with E-state index in [-0.39, 0.29) is 17.4 Å². The summed E-state index contributed by atoms with van der Waals surface area (Å²) in [6.45, 7) is 2.03. The molecule has 0 aromatic heterocycles. The highest BCUT2D eigenvalue weighted by atomic mass is 35.5. The summed E-state index contributed by atoms with van der Waals surface area (Å²) in [5, 5.41) is 8.64. The van der Waals surface area contributed by atoms with Crippen LogP contribution in [0.15, 0.2) is 18.2 Å². The molecule has 4 heteroatoms. The molecule has 17 heavy (non-hydrogen) atoms. The topological polar surface area (TPSA) is 37.3 Å². The molecule has 0 saturated carbocycles. The number of benzene rings is 1. The quantitative estimate of drug-likeness (QED) is 0.776. The Morgan fingerprint density at radius 1 is 1.47 bits per heavy atom. The minimum atomic E-state index is -0.762. The molecule has 0 amide bonds. The normalized spacial score (nSPS) is 12.4. The van der Waals surface area contributed by atoms with Gasteiger partial charge in [0, 0.05) is 6.42 Å². The van der Waals surface area contributed by atoms with Crippen LogP contribution in [0.5, 0.6) is 0 Å². The van der Waals surface area contributed by atoms with Crippen LogP contribution in [0.3, 0.4) is 0 Å². The lowest BCUT2D eigenvalue weighted by Crippen LogP contribution is -1.97. The molecule has 1 N–H and O–H groups in total. The summed E-state index contributed by atoms with van der Waals surface area (Å²) in [5.41, 5.74) is 0.992. The van der Waals surface area contributed by atoms with E-state index in [0.717, 1.165) is 18.4 Å². The molecule has 0 saturated heterocycles. The average Bonchev–Trinajstić information content (AvgIpc) is 2.27. The smallest absolute Gasteiger partial charge is 0.303 e. The first-order chi connectivity index (χ1) is 8.00. The second-order valence-corrected chi connectivity index (χ2v) is 4.62. The van der Waals surface area contributed by atoms with Crippen LogP contribution in [0.25, 0.3) is 0 Å². The van der Waals surface area contributed by atoms with E-state index in [4.69, 9.17) is 16.7 Å². The van der Waals surface area contributed by atoms with E-state index in [1.165, 1.54) is 6.07 Å². The Bertz CT molecular complexity index is 393. The number of rotatable bonds is 6. The molecule has 94 valence electrons. The van der Waals surface area contributed by atoms with E-state index in [1.807, 2.05) is 6.92 Å². The van der Waals surface area contributed by atoms with Gasteiger partial charge in [-0.15, -0.1) is 0 Å². The van der Waals surface area contributed by atoms with E-state index in [9.17, 15) is 9.18 Å². The van der Waals surface area contributed by atoms with Crippen molar-refractivity contribution in [1.29, 1.82) is 0 Å². The minimum Gasteiger partial charge on any atom is -0.481 e. The zero-order valence-corrected chi connectivity index (χ0v) is 10.5. The number of carboxylic acids is 1. The van der Waals surface area contributed by atoms with Gasteiger partial charge in [0.2, 0.25) is 0 Å². The van der Waals surface area contributed by atoms with E-state index >= 15 is 0 Å². The van der Waals surface area contributed by atoms with Crippen LogP contribution >= 0.6 is 11.6 Å². The van der Waals surface area contributed by atoms with Crippen molar-refractivity contribution >= 4 is 17.6 Å². The number of hydrogen-bond donors (Lipinski definition) is 1. The van der Waals surface area contributed by atoms with Crippen molar-refractivity contribution in [3.63, 3.8) is 0 Å². The Labute approximate surface area is 105 Å². The monoisotopic (exact) mass is 258 g/mol. The standard InChI is InChI=1S/C13H16ClFO2/c1-9(4-2-3-5-13(16)17)10-6-7-12(15)11(14)8-10/h6-9H,2-5H2,1H3,(H,16,17). The molecule has 1 rings (SSSR count). The summed E-state index contributed by atoms with van der Waals surface area (Å²) in [5.74, 6) is -0.905. The Morgan fingerprint density at radius 2 is 2.18 bits per heavy atom. The zero-order valence-electron chi connectivity index (χ0n) is 9.75. The summed E-state index contributed by atoms with van der Waals surface area (Å²) in [6.07, 6.45) is 2.61. The SMILES string of the molecule is CC(CCCCC(=O)O)c1ccc(F)c(Cl)c1. The van der Waals surface area contributed by atoms with E-state index in [2.05, 4.69) is 0 Å². The van der Waals surface area contributed by atoms with Gasteiger partial charge in [-0.2, -0.15) is 0 Å². The first kappa shape index (κ1) is 14.0. The molecular formula is C13H16ClFO2. The van der Waals surface area contributed by atoms with Gasteiger partial charge in [-0.25, -0.2) is 4.39 Å². The van der Waals surface area contributed by atoms with Gasteiger partial charge in [-0.1, -0.05) is 31.0 Å². The molecule has 1 aromatic rings. The lowest BCUT2D eigenvalue weighted by molar-refractivity contribution is -0.137. The fourth-order valence-corrected chi connectivity index (χ4v) is 1.90. The molecular weight excluding hydrogens is 243 g/mol. The zero-order chi connectivity index (χ0) is 12.8.